The van der Waals surface area contributed by atoms with Gasteiger partial charge in [0.2, 0.25) is 5.78 Å². The summed E-state index contributed by atoms with van der Waals surface area (Å²) in [6, 6.07) is 7.94. The maximum absolute atomic E-state index is 13.4. The molecule has 1 aromatic heterocycles. The van der Waals surface area contributed by atoms with E-state index < -0.39 is 0 Å². The van der Waals surface area contributed by atoms with Crippen LogP contribution in [0.15, 0.2) is 36.2 Å². The normalized spacial score (nSPS) is 20.7. The molecule has 0 saturated carbocycles. The molecule has 0 bridgehead atoms. The van der Waals surface area contributed by atoms with Gasteiger partial charge in [-0.1, -0.05) is 0 Å². The second kappa shape index (κ2) is 8.73. The average Bonchev–Trinajstić information content (AvgIpc) is 3.58. The van der Waals surface area contributed by atoms with Gasteiger partial charge in [0.1, 0.15) is 24.0 Å². The summed E-state index contributed by atoms with van der Waals surface area (Å²) in [7, 11) is 1.66. The van der Waals surface area contributed by atoms with Gasteiger partial charge in [0.25, 0.3) is 0 Å². The molecule has 1 fully saturated rings. The van der Waals surface area contributed by atoms with E-state index in [0.717, 1.165) is 78.2 Å². The van der Waals surface area contributed by atoms with Gasteiger partial charge < -0.3 is 23.5 Å². The molecule has 4 heterocycles. The highest BCUT2D eigenvalue weighted by molar-refractivity contribution is 6.15. The fourth-order valence-electron chi connectivity index (χ4n) is 5.44. The molecule has 2 aromatic carbocycles. The van der Waals surface area contributed by atoms with E-state index >= 15 is 0 Å². The van der Waals surface area contributed by atoms with Gasteiger partial charge in [0.05, 0.1) is 18.8 Å². The molecule has 1 saturated heterocycles. The number of methoxy groups -OCH3 is 1. The van der Waals surface area contributed by atoms with E-state index in [1.165, 1.54) is 0 Å². The Balaban J connectivity index is 1.33. The summed E-state index contributed by atoms with van der Waals surface area (Å²) >= 11 is 0. The number of fused-ring (bicyclic) bond motifs is 3. The Morgan fingerprint density at radius 3 is 2.89 bits per heavy atom. The quantitative estimate of drug-likeness (QED) is 0.489. The van der Waals surface area contributed by atoms with Gasteiger partial charge in [-0.05, 0) is 57.0 Å². The van der Waals surface area contributed by atoms with E-state index in [1.54, 1.807) is 7.11 Å². The molecule has 0 N–H and O–H groups in total. The first kappa shape index (κ1) is 22.2. The molecular formula is C28H30N2O5. The van der Waals surface area contributed by atoms with Crippen molar-refractivity contribution in [1.29, 1.82) is 0 Å². The number of carbonyl (C=O) groups excluding carboxylic acids is 1. The van der Waals surface area contributed by atoms with Crippen LogP contribution in [-0.2, 0) is 17.8 Å². The van der Waals surface area contributed by atoms with Crippen LogP contribution in [0.3, 0.4) is 0 Å². The largest absolute Gasteiger partial charge is 0.497 e. The topological polar surface area (TPSA) is 62.2 Å². The predicted octanol–water partition coefficient (Wildman–Crippen LogP) is 4.93. The molecule has 35 heavy (non-hydrogen) atoms. The standard InChI is InChI=1S/C28H30N2O5/c1-4-30-14-18(22-12-20(32-3)7-8-24(22)30)11-25-26(31)23-10-19-13-29(15-21-6-5-9-33-21)16-34-27(19)17(2)28(23)35-25/h7-8,10-12,14,21H,4-6,9,13,15-16H2,1-3H3/b25-11-. The summed E-state index contributed by atoms with van der Waals surface area (Å²) in [5.41, 5.74) is 4.53. The lowest BCUT2D eigenvalue weighted by atomic mass is 10.00. The third kappa shape index (κ3) is 3.79. The number of benzene rings is 2. The first-order valence-corrected chi connectivity index (χ1v) is 12.3. The molecular weight excluding hydrogens is 444 g/mol. The molecule has 1 unspecified atom stereocenters. The van der Waals surface area contributed by atoms with E-state index in [2.05, 4.69) is 22.6 Å². The van der Waals surface area contributed by atoms with Gasteiger partial charge in [-0.15, -0.1) is 0 Å². The number of ketones is 1. The summed E-state index contributed by atoms with van der Waals surface area (Å²) in [5.74, 6) is 2.45. The summed E-state index contributed by atoms with van der Waals surface area (Å²) in [6.07, 6.45) is 6.37. The number of rotatable bonds is 5. The van der Waals surface area contributed by atoms with Crippen molar-refractivity contribution in [1.82, 2.24) is 9.47 Å². The summed E-state index contributed by atoms with van der Waals surface area (Å²) in [5, 5.41) is 1.02. The fourth-order valence-corrected chi connectivity index (χ4v) is 5.44. The number of hydrogen-bond donors (Lipinski definition) is 0. The number of allylic oxidation sites excluding steroid dienone is 1. The summed E-state index contributed by atoms with van der Waals surface area (Å²) in [6.45, 7) is 7.83. The van der Waals surface area contributed by atoms with Gasteiger partial charge in [-0.2, -0.15) is 0 Å². The molecule has 182 valence electrons. The van der Waals surface area contributed by atoms with Gasteiger partial charge in [-0.3, -0.25) is 9.69 Å². The number of hydrogen-bond acceptors (Lipinski definition) is 6. The van der Waals surface area contributed by atoms with Crippen LogP contribution in [0, 0.1) is 6.92 Å². The number of ether oxygens (including phenoxy) is 4. The highest BCUT2D eigenvalue weighted by Gasteiger charge is 2.34. The van der Waals surface area contributed by atoms with E-state index in [9.17, 15) is 4.79 Å². The SMILES string of the molecule is CCn1cc(/C=C2\Oc3c(cc4c(c3C)OCN(CC3CCCO3)C4)C2=O)c2cc(OC)ccc21. The molecule has 0 amide bonds. The van der Waals surface area contributed by atoms with Crippen molar-refractivity contribution < 1.29 is 23.7 Å². The monoisotopic (exact) mass is 474 g/mol. The Morgan fingerprint density at radius 1 is 1.23 bits per heavy atom. The third-order valence-electron chi connectivity index (χ3n) is 7.23. The molecule has 1 atom stereocenters. The van der Waals surface area contributed by atoms with Crippen molar-refractivity contribution in [3.05, 3.63) is 58.5 Å². The lowest BCUT2D eigenvalue weighted by Gasteiger charge is -2.31. The zero-order valence-corrected chi connectivity index (χ0v) is 20.4. The number of carbonyl (C=O) groups is 1. The molecule has 3 aliphatic heterocycles. The van der Waals surface area contributed by atoms with Crippen molar-refractivity contribution in [2.45, 2.75) is 45.9 Å². The highest BCUT2D eigenvalue weighted by atomic mass is 16.5. The maximum Gasteiger partial charge on any atom is 0.231 e. The van der Waals surface area contributed by atoms with Crippen LogP contribution in [0.5, 0.6) is 17.2 Å². The molecule has 3 aromatic rings. The van der Waals surface area contributed by atoms with Crippen molar-refractivity contribution >= 4 is 22.8 Å². The van der Waals surface area contributed by atoms with E-state index in [-0.39, 0.29) is 11.9 Å². The maximum atomic E-state index is 13.4. The van der Waals surface area contributed by atoms with Crippen LogP contribution in [0.2, 0.25) is 0 Å². The summed E-state index contributed by atoms with van der Waals surface area (Å²) in [4.78, 5) is 15.7. The Bertz CT molecular complexity index is 1350. The Hall–Kier alpha value is -3.29. The lowest BCUT2D eigenvalue weighted by molar-refractivity contribution is 0.0276. The zero-order chi connectivity index (χ0) is 24.1. The molecule has 6 rings (SSSR count). The zero-order valence-electron chi connectivity index (χ0n) is 20.4. The minimum atomic E-state index is -0.0950. The highest BCUT2D eigenvalue weighted by Crippen LogP contribution is 2.43. The summed E-state index contributed by atoms with van der Waals surface area (Å²) < 4.78 is 25.7. The van der Waals surface area contributed by atoms with Crippen LogP contribution in [0.1, 0.15) is 46.8 Å². The van der Waals surface area contributed by atoms with Crippen molar-refractivity contribution in [3.8, 4) is 17.2 Å². The van der Waals surface area contributed by atoms with Gasteiger partial charge >= 0.3 is 0 Å². The van der Waals surface area contributed by atoms with Crippen molar-refractivity contribution in [2.24, 2.45) is 0 Å². The second-order valence-electron chi connectivity index (χ2n) is 9.48. The van der Waals surface area contributed by atoms with Gasteiger partial charge in [0, 0.05) is 60.0 Å². The first-order chi connectivity index (χ1) is 17.1. The number of aromatic nitrogens is 1. The van der Waals surface area contributed by atoms with Crippen LogP contribution < -0.4 is 14.2 Å². The fraction of sp³-hybridized carbons (Fsp3) is 0.393. The molecule has 0 radical (unpaired) electrons. The van der Waals surface area contributed by atoms with Gasteiger partial charge in [0.15, 0.2) is 5.76 Å². The minimum Gasteiger partial charge on any atom is -0.497 e. The van der Waals surface area contributed by atoms with E-state index in [0.29, 0.717) is 23.8 Å². The van der Waals surface area contributed by atoms with Crippen LogP contribution >= 0.6 is 0 Å². The van der Waals surface area contributed by atoms with Crippen molar-refractivity contribution in [2.75, 3.05) is 27.0 Å². The lowest BCUT2D eigenvalue weighted by Crippen LogP contribution is -2.37. The van der Waals surface area contributed by atoms with Crippen molar-refractivity contribution in [3.63, 3.8) is 0 Å². The Morgan fingerprint density at radius 2 is 2.11 bits per heavy atom. The Kier molecular flexibility index (Phi) is 5.54. The smallest absolute Gasteiger partial charge is 0.231 e. The molecule has 3 aliphatic rings. The Labute approximate surface area is 204 Å². The van der Waals surface area contributed by atoms with Gasteiger partial charge in [-0.25, -0.2) is 0 Å². The average molecular weight is 475 g/mol. The minimum absolute atomic E-state index is 0.0950. The number of Topliss-reactive ketones (excluding diaryl/α,β-unsaturated/α-hetero) is 1. The second-order valence-corrected chi connectivity index (χ2v) is 9.48. The molecule has 7 nitrogen and oxygen atoms in total. The number of nitrogens with zero attached hydrogens (tertiary/aromatic N) is 2. The number of aryl methyl sites for hydroxylation is 1. The van der Waals surface area contributed by atoms with E-state index in [1.807, 2.05) is 37.3 Å². The van der Waals surface area contributed by atoms with Crippen LogP contribution in [0.4, 0.5) is 0 Å². The van der Waals surface area contributed by atoms with E-state index in [4.69, 9.17) is 18.9 Å². The first-order valence-electron chi connectivity index (χ1n) is 12.3. The van der Waals surface area contributed by atoms with Crippen LogP contribution in [0.25, 0.3) is 17.0 Å². The van der Waals surface area contributed by atoms with Crippen LogP contribution in [-0.4, -0.2) is 48.3 Å². The molecule has 7 heteroatoms. The molecule has 0 spiro atoms. The predicted molar refractivity (Wildman–Crippen MR) is 133 cm³/mol. The third-order valence-corrected chi connectivity index (χ3v) is 7.23. The molecule has 0 aliphatic carbocycles.